The summed E-state index contributed by atoms with van der Waals surface area (Å²) in [5, 5.41) is 3.31. The van der Waals surface area contributed by atoms with E-state index in [4.69, 9.17) is 21.1 Å². The highest BCUT2D eigenvalue weighted by molar-refractivity contribution is 6.34. The van der Waals surface area contributed by atoms with Crippen LogP contribution in [0.2, 0.25) is 5.02 Å². The summed E-state index contributed by atoms with van der Waals surface area (Å²) >= 11 is 6.31. The maximum absolute atomic E-state index is 12.6. The molecule has 0 unspecified atom stereocenters. The number of carbonyl (C=O) groups excluding carboxylic acids is 2. The minimum Gasteiger partial charge on any atom is -0.490 e. The van der Waals surface area contributed by atoms with Gasteiger partial charge in [0, 0.05) is 45.7 Å². The lowest BCUT2D eigenvalue weighted by molar-refractivity contribution is -0.129. The van der Waals surface area contributed by atoms with Crippen molar-refractivity contribution in [2.45, 2.75) is 12.8 Å². The number of ether oxygens (including phenoxy) is 2. The maximum atomic E-state index is 12.6. The molecule has 2 amide bonds. The highest BCUT2D eigenvalue weighted by atomic mass is 35.5. The highest BCUT2D eigenvalue weighted by Crippen LogP contribution is 2.37. The van der Waals surface area contributed by atoms with Crippen LogP contribution in [0.5, 0.6) is 11.5 Å². The van der Waals surface area contributed by atoms with Gasteiger partial charge in [0.2, 0.25) is 11.8 Å². The molecule has 1 aromatic carbocycles. The zero-order valence-corrected chi connectivity index (χ0v) is 17.8. The Labute approximate surface area is 176 Å². The van der Waals surface area contributed by atoms with Gasteiger partial charge in [0.1, 0.15) is 0 Å². The number of fused-ring (bicyclic) bond motifs is 1. The number of nitrogens with one attached hydrogen (secondary N) is 1. The smallest absolute Gasteiger partial charge is 0.238 e. The average Bonchev–Trinajstić information content (AvgIpc) is 3.02. The van der Waals surface area contributed by atoms with Crippen LogP contribution in [-0.2, 0) is 9.59 Å². The van der Waals surface area contributed by atoms with E-state index in [2.05, 4.69) is 15.1 Å². The second kappa shape index (κ2) is 10.1. The molecule has 1 N–H and O–H groups in total. The van der Waals surface area contributed by atoms with Crippen molar-refractivity contribution in [3.8, 4) is 11.5 Å². The topological polar surface area (TPSA) is 74.4 Å². The van der Waals surface area contributed by atoms with Crippen molar-refractivity contribution in [1.29, 1.82) is 0 Å². The van der Waals surface area contributed by atoms with E-state index >= 15 is 0 Å². The molecule has 2 aliphatic rings. The molecule has 0 saturated carbocycles. The number of benzene rings is 1. The van der Waals surface area contributed by atoms with Crippen molar-refractivity contribution in [3.05, 3.63) is 17.2 Å². The molecule has 0 bridgehead atoms. The highest BCUT2D eigenvalue weighted by Gasteiger charge is 2.20. The minimum atomic E-state index is -0.126. The normalized spacial score (nSPS) is 17.9. The molecule has 160 valence electrons. The van der Waals surface area contributed by atoms with Gasteiger partial charge in [-0.05, 0) is 19.5 Å². The van der Waals surface area contributed by atoms with Gasteiger partial charge in [-0.25, -0.2) is 0 Å². The first-order valence-corrected chi connectivity index (χ1v) is 10.3. The molecule has 8 nitrogen and oxygen atoms in total. The van der Waals surface area contributed by atoms with Crippen LogP contribution in [0.15, 0.2) is 12.1 Å². The first-order chi connectivity index (χ1) is 13.9. The van der Waals surface area contributed by atoms with Gasteiger partial charge in [-0.3, -0.25) is 19.4 Å². The van der Waals surface area contributed by atoms with Gasteiger partial charge in [-0.15, -0.1) is 0 Å². The number of carbonyl (C=O) groups is 2. The number of anilines is 1. The Morgan fingerprint density at radius 3 is 2.28 bits per heavy atom. The van der Waals surface area contributed by atoms with Crippen molar-refractivity contribution >= 4 is 29.1 Å². The summed E-state index contributed by atoms with van der Waals surface area (Å²) in [6.45, 7) is 5.02. The van der Waals surface area contributed by atoms with Crippen LogP contribution in [-0.4, -0.2) is 93.1 Å². The Morgan fingerprint density at radius 1 is 1.00 bits per heavy atom. The molecule has 1 aromatic rings. The first kappa shape index (κ1) is 21.7. The summed E-state index contributed by atoms with van der Waals surface area (Å²) in [7, 11) is 3.53. The van der Waals surface area contributed by atoms with E-state index in [1.807, 2.05) is 0 Å². The molecule has 3 rings (SSSR count). The van der Waals surface area contributed by atoms with Gasteiger partial charge in [-0.1, -0.05) is 11.6 Å². The summed E-state index contributed by atoms with van der Waals surface area (Å²) in [5.41, 5.74) is 0.522. The molecule has 2 aliphatic heterocycles. The quantitative estimate of drug-likeness (QED) is 0.772. The third-order valence-corrected chi connectivity index (χ3v) is 5.33. The number of nitrogens with zero attached hydrogens (tertiary/aromatic N) is 3. The van der Waals surface area contributed by atoms with Crippen LogP contribution in [0.3, 0.4) is 0 Å². The SMILES string of the molecule is CN(C)C(=O)CN1CCCN(CC(=O)Nc2cc3c(cc2Cl)OCCCO3)CC1. The van der Waals surface area contributed by atoms with Gasteiger partial charge in [0.05, 0.1) is 37.0 Å². The molecule has 29 heavy (non-hydrogen) atoms. The third-order valence-electron chi connectivity index (χ3n) is 5.02. The number of hydrogen-bond donors (Lipinski definition) is 1. The molecule has 0 aromatic heterocycles. The number of rotatable bonds is 5. The molecule has 2 heterocycles. The summed E-state index contributed by atoms with van der Waals surface area (Å²) in [6.07, 6.45) is 1.72. The van der Waals surface area contributed by atoms with Crippen molar-refractivity contribution in [2.75, 3.05) is 71.9 Å². The molecule has 1 saturated heterocycles. The fraction of sp³-hybridized carbons (Fsp3) is 0.600. The van der Waals surface area contributed by atoms with Gasteiger partial charge in [0.15, 0.2) is 11.5 Å². The van der Waals surface area contributed by atoms with E-state index in [1.54, 1.807) is 31.1 Å². The zero-order chi connectivity index (χ0) is 20.8. The largest absolute Gasteiger partial charge is 0.490 e. The summed E-state index contributed by atoms with van der Waals surface area (Å²) in [4.78, 5) is 30.3. The molecular formula is C20H29ClN4O4. The molecule has 0 spiro atoms. The van der Waals surface area contributed by atoms with E-state index < -0.39 is 0 Å². The van der Waals surface area contributed by atoms with E-state index in [-0.39, 0.29) is 18.4 Å². The average molecular weight is 425 g/mol. The Bertz CT molecular complexity index is 743. The number of amides is 2. The number of likely N-dealkylation sites (N-methyl/N-ethyl adjacent to an activating group) is 1. The summed E-state index contributed by atoms with van der Waals surface area (Å²) in [6, 6.07) is 3.40. The van der Waals surface area contributed by atoms with Gasteiger partial charge in [0.25, 0.3) is 0 Å². The molecule has 0 aliphatic carbocycles. The summed E-state index contributed by atoms with van der Waals surface area (Å²) in [5.74, 6) is 1.17. The van der Waals surface area contributed by atoms with Gasteiger partial charge < -0.3 is 19.7 Å². The third kappa shape index (κ3) is 6.22. The van der Waals surface area contributed by atoms with Crippen LogP contribution in [0, 0.1) is 0 Å². The fourth-order valence-corrected chi connectivity index (χ4v) is 3.55. The Kier molecular flexibility index (Phi) is 7.57. The lowest BCUT2D eigenvalue weighted by Crippen LogP contribution is -2.39. The second-order valence-corrected chi connectivity index (χ2v) is 7.98. The molecule has 0 radical (unpaired) electrons. The Hall–Kier alpha value is -2.03. The van der Waals surface area contributed by atoms with Gasteiger partial charge in [-0.2, -0.15) is 0 Å². The predicted octanol–water partition coefficient (Wildman–Crippen LogP) is 1.54. The molecule has 1 fully saturated rings. The van der Waals surface area contributed by atoms with Crippen molar-refractivity contribution in [2.24, 2.45) is 0 Å². The monoisotopic (exact) mass is 424 g/mol. The predicted molar refractivity (Wildman–Crippen MR) is 112 cm³/mol. The van der Waals surface area contributed by atoms with Crippen LogP contribution in [0.1, 0.15) is 12.8 Å². The molecule has 0 atom stereocenters. The van der Waals surface area contributed by atoms with Crippen molar-refractivity contribution < 1.29 is 19.1 Å². The summed E-state index contributed by atoms with van der Waals surface area (Å²) < 4.78 is 11.3. The van der Waals surface area contributed by atoms with E-state index in [0.717, 1.165) is 39.0 Å². The Morgan fingerprint density at radius 2 is 1.62 bits per heavy atom. The van der Waals surface area contributed by atoms with Crippen molar-refractivity contribution in [3.63, 3.8) is 0 Å². The number of halogens is 1. The minimum absolute atomic E-state index is 0.0974. The standard InChI is InChI=1S/C20H29ClN4O4/c1-23(2)20(27)14-25-6-3-5-24(7-8-25)13-19(26)22-16-12-18-17(11-15(16)21)28-9-4-10-29-18/h11-12H,3-10,13-14H2,1-2H3,(H,22,26). The van der Waals surface area contributed by atoms with E-state index in [0.29, 0.717) is 42.0 Å². The fourth-order valence-electron chi connectivity index (χ4n) is 3.35. The first-order valence-electron chi connectivity index (χ1n) is 9.96. The number of hydrogen-bond acceptors (Lipinski definition) is 6. The lowest BCUT2D eigenvalue weighted by Gasteiger charge is -2.22. The second-order valence-electron chi connectivity index (χ2n) is 7.57. The zero-order valence-electron chi connectivity index (χ0n) is 17.1. The van der Waals surface area contributed by atoms with E-state index in [9.17, 15) is 9.59 Å². The van der Waals surface area contributed by atoms with E-state index in [1.165, 1.54) is 0 Å². The molecular weight excluding hydrogens is 396 g/mol. The van der Waals surface area contributed by atoms with Crippen LogP contribution in [0.25, 0.3) is 0 Å². The van der Waals surface area contributed by atoms with Gasteiger partial charge >= 0.3 is 0 Å². The molecule has 9 heteroatoms. The Balaban J connectivity index is 1.53. The lowest BCUT2D eigenvalue weighted by atomic mass is 10.2. The maximum Gasteiger partial charge on any atom is 0.238 e. The van der Waals surface area contributed by atoms with Crippen LogP contribution in [0.4, 0.5) is 5.69 Å². The van der Waals surface area contributed by atoms with Crippen molar-refractivity contribution in [1.82, 2.24) is 14.7 Å². The van der Waals surface area contributed by atoms with Crippen LogP contribution >= 0.6 is 11.6 Å². The van der Waals surface area contributed by atoms with Crippen LogP contribution < -0.4 is 14.8 Å².